The molecule has 0 aliphatic carbocycles. The molecule has 2 heterocycles. The SMILES string of the molecule is CC(=O)[C@@H]1[C@@H](c2cccnc2)NC(=O)N[C@@]1(O)C(F)(F)F. The Kier molecular flexibility index (Phi) is 3.62. The number of ketones is 1. The maximum Gasteiger partial charge on any atom is 0.437 e. The van der Waals surface area contributed by atoms with Gasteiger partial charge in [-0.2, -0.15) is 13.2 Å². The molecule has 3 N–H and O–H groups in total. The van der Waals surface area contributed by atoms with Crippen molar-refractivity contribution in [3.05, 3.63) is 30.1 Å². The Morgan fingerprint density at radius 2 is 2.14 bits per heavy atom. The number of carbonyl (C=O) groups excluding carboxylic acids is 2. The van der Waals surface area contributed by atoms with Crippen molar-refractivity contribution < 1.29 is 27.9 Å². The number of hydrogen-bond donors (Lipinski definition) is 3. The van der Waals surface area contributed by atoms with E-state index in [2.05, 4.69) is 10.3 Å². The number of amides is 2. The van der Waals surface area contributed by atoms with Gasteiger partial charge in [0.05, 0.1) is 12.0 Å². The van der Waals surface area contributed by atoms with Gasteiger partial charge in [0.2, 0.25) is 5.72 Å². The number of pyridine rings is 1. The molecule has 1 fully saturated rings. The van der Waals surface area contributed by atoms with Gasteiger partial charge >= 0.3 is 12.2 Å². The first-order valence-corrected chi connectivity index (χ1v) is 5.95. The number of aromatic nitrogens is 1. The standard InChI is InChI=1S/C12H12F3N3O3/c1-6(19)8-9(7-3-2-4-16-5-7)17-10(20)18-11(8,21)12(13,14)15/h2-5,8-9,21H,1H3,(H2,17,18,20)/t8-,9-,11+/m1/s1. The summed E-state index contributed by atoms with van der Waals surface area (Å²) in [4.78, 5) is 26.9. The van der Waals surface area contributed by atoms with E-state index in [0.717, 1.165) is 6.92 Å². The first-order valence-electron chi connectivity index (χ1n) is 5.95. The quantitative estimate of drug-likeness (QED) is 0.757. The molecule has 0 bridgehead atoms. The van der Waals surface area contributed by atoms with Crippen molar-refractivity contribution in [2.45, 2.75) is 24.9 Å². The molecule has 2 rings (SSSR count). The van der Waals surface area contributed by atoms with E-state index < -0.39 is 35.7 Å². The molecular weight excluding hydrogens is 291 g/mol. The van der Waals surface area contributed by atoms with Gasteiger partial charge in [0.1, 0.15) is 5.78 Å². The number of urea groups is 1. The summed E-state index contributed by atoms with van der Waals surface area (Å²) in [6, 6.07) is 0.307. The summed E-state index contributed by atoms with van der Waals surface area (Å²) in [6.07, 6.45) is -2.59. The van der Waals surface area contributed by atoms with Crippen LogP contribution in [0.25, 0.3) is 0 Å². The number of nitrogens with one attached hydrogen (secondary N) is 2. The van der Waals surface area contributed by atoms with Gasteiger partial charge in [0, 0.05) is 12.4 Å². The van der Waals surface area contributed by atoms with Gasteiger partial charge in [-0.25, -0.2) is 4.79 Å². The molecule has 1 saturated heterocycles. The van der Waals surface area contributed by atoms with E-state index in [1.807, 2.05) is 0 Å². The normalized spacial score (nSPS) is 29.5. The molecule has 114 valence electrons. The minimum atomic E-state index is -5.21. The average Bonchev–Trinajstić information content (AvgIpc) is 2.37. The van der Waals surface area contributed by atoms with Crippen molar-refractivity contribution in [3.8, 4) is 0 Å². The number of Topliss-reactive ketones (excluding diaryl/α,β-unsaturated/α-hetero) is 1. The summed E-state index contributed by atoms with van der Waals surface area (Å²) in [7, 11) is 0. The molecule has 6 nitrogen and oxygen atoms in total. The van der Waals surface area contributed by atoms with E-state index in [9.17, 15) is 27.9 Å². The fourth-order valence-electron chi connectivity index (χ4n) is 2.36. The number of alkyl halides is 3. The first kappa shape index (κ1) is 15.2. The third kappa shape index (κ3) is 2.56. The summed E-state index contributed by atoms with van der Waals surface area (Å²) >= 11 is 0. The zero-order valence-corrected chi connectivity index (χ0v) is 10.8. The van der Waals surface area contributed by atoms with Crippen molar-refractivity contribution in [3.63, 3.8) is 0 Å². The molecule has 0 saturated carbocycles. The van der Waals surface area contributed by atoms with Crippen molar-refractivity contribution in [2.75, 3.05) is 0 Å². The molecule has 1 aromatic rings. The Morgan fingerprint density at radius 1 is 1.48 bits per heavy atom. The molecule has 9 heteroatoms. The molecule has 2 amide bonds. The lowest BCUT2D eigenvalue weighted by atomic mass is 9.80. The van der Waals surface area contributed by atoms with E-state index in [-0.39, 0.29) is 5.56 Å². The predicted molar refractivity (Wildman–Crippen MR) is 63.8 cm³/mol. The summed E-state index contributed by atoms with van der Waals surface area (Å²) in [5.41, 5.74) is -3.45. The van der Waals surface area contributed by atoms with Crippen molar-refractivity contribution in [1.82, 2.24) is 15.6 Å². The van der Waals surface area contributed by atoms with Gasteiger partial charge in [-0.1, -0.05) is 6.07 Å². The maximum absolute atomic E-state index is 13.1. The number of hydrogen-bond acceptors (Lipinski definition) is 4. The zero-order chi connectivity index (χ0) is 15.8. The Hall–Kier alpha value is -2.16. The number of rotatable bonds is 2. The fraction of sp³-hybridized carbons (Fsp3) is 0.417. The third-order valence-electron chi connectivity index (χ3n) is 3.29. The second-order valence-electron chi connectivity index (χ2n) is 4.71. The molecule has 0 aromatic carbocycles. The largest absolute Gasteiger partial charge is 0.437 e. The molecule has 0 unspecified atom stereocenters. The highest BCUT2D eigenvalue weighted by molar-refractivity contribution is 5.86. The second-order valence-corrected chi connectivity index (χ2v) is 4.71. The molecule has 1 aromatic heterocycles. The van der Waals surface area contributed by atoms with E-state index in [0.29, 0.717) is 0 Å². The number of halogens is 3. The van der Waals surface area contributed by atoms with Crippen LogP contribution in [0.3, 0.4) is 0 Å². The highest BCUT2D eigenvalue weighted by Gasteiger charge is 2.65. The van der Waals surface area contributed by atoms with Crippen LogP contribution in [0.5, 0.6) is 0 Å². The lowest BCUT2D eigenvalue weighted by molar-refractivity contribution is -0.290. The highest BCUT2D eigenvalue weighted by Crippen LogP contribution is 2.42. The Balaban J connectivity index is 2.54. The van der Waals surface area contributed by atoms with E-state index in [1.54, 1.807) is 0 Å². The van der Waals surface area contributed by atoms with E-state index in [1.165, 1.54) is 29.8 Å². The van der Waals surface area contributed by atoms with Crippen LogP contribution in [0, 0.1) is 5.92 Å². The van der Waals surface area contributed by atoms with Crippen LogP contribution in [-0.4, -0.2) is 33.8 Å². The maximum atomic E-state index is 13.1. The Labute approximate surface area is 117 Å². The van der Waals surface area contributed by atoms with Gasteiger partial charge < -0.3 is 15.7 Å². The monoisotopic (exact) mass is 303 g/mol. The lowest BCUT2D eigenvalue weighted by Crippen LogP contribution is -2.72. The van der Waals surface area contributed by atoms with Crippen LogP contribution in [-0.2, 0) is 4.79 Å². The van der Waals surface area contributed by atoms with Gasteiger partial charge in [-0.15, -0.1) is 0 Å². The topological polar surface area (TPSA) is 91.3 Å². The first-order chi connectivity index (χ1) is 9.67. The number of carbonyl (C=O) groups is 2. The molecular formula is C12H12F3N3O3. The van der Waals surface area contributed by atoms with Gasteiger partial charge in [0.25, 0.3) is 0 Å². The van der Waals surface area contributed by atoms with Crippen LogP contribution in [0.15, 0.2) is 24.5 Å². The average molecular weight is 303 g/mol. The molecule has 0 spiro atoms. The lowest BCUT2D eigenvalue weighted by Gasteiger charge is -2.44. The van der Waals surface area contributed by atoms with E-state index >= 15 is 0 Å². The second kappa shape index (κ2) is 4.99. The number of nitrogens with zero attached hydrogens (tertiary/aromatic N) is 1. The summed E-state index contributed by atoms with van der Waals surface area (Å²) in [6.45, 7) is 0.921. The van der Waals surface area contributed by atoms with Crippen LogP contribution >= 0.6 is 0 Å². The van der Waals surface area contributed by atoms with Gasteiger partial charge in [-0.3, -0.25) is 9.78 Å². The highest BCUT2D eigenvalue weighted by atomic mass is 19.4. The Bertz CT molecular complexity index is 564. The molecule has 1 aliphatic rings. The fourth-order valence-corrected chi connectivity index (χ4v) is 2.36. The van der Waals surface area contributed by atoms with Crippen LogP contribution in [0.4, 0.5) is 18.0 Å². The van der Waals surface area contributed by atoms with Crippen molar-refractivity contribution in [2.24, 2.45) is 5.92 Å². The smallest absolute Gasteiger partial charge is 0.363 e. The van der Waals surface area contributed by atoms with Crippen LogP contribution < -0.4 is 10.6 Å². The number of aliphatic hydroxyl groups is 1. The van der Waals surface area contributed by atoms with E-state index in [4.69, 9.17) is 0 Å². The molecule has 1 aliphatic heterocycles. The Morgan fingerprint density at radius 3 is 2.62 bits per heavy atom. The van der Waals surface area contributed by atoms with Crippen LogP contribution in [0.2, 0.25) is 0 Å². The van der Waals surface area contributed by atoms with Crippen molar-refractivity contribution in [1.29, 1.82) is 0 Å². The predicted octanol–water partition coefficient (Wildman–Crippen LogP) is 0.892. The molecule has 3 atom stereocenters. The van der Waals surface area contributed by atoms with Gasteiger partial charge in [0.15, 0.2) is 0 Å². The summed E-state index contributed by atoms with van der Waals surface area (Å²) in [5.74, 6) is -2.85. The van der Waals surface area contributed by atoms with Crippen LogP contribution in [0.1, 0.15) is 18.5 Å². The molecule has 21 heavy (non-hydrogen) atoms. The van der Waals surface area contributed by atoms with Crippen molar-refractivity contribution >= 4 is 11.8 Å². The zero-order valence-electron chi connectivity index (χ0n) is 10.8. The molecule has 0 radical (unpaired) electrons. The summed E-state index contributed by atoms with van der Waals surface area (Å²) < 4.78 is 39.4. The minimum Gasteiger partial charge on any atom is -0.363 e. The third-order valence-corrected chi connectivity index (χ3v) is 3.29. The van der Waals surface area contributed by atoms with Gasteiger partial charge in [-0.05, 0) is 18.6 Å². The minimum absolute atomic E-state index is 0.190. The summed E-state index contributed by atoms with van der Waals surface area (Å²) in [5, 5.41) is 13.5.